The smallest absolute Gasteiger partial charge is 0.133 e. The lowest BCUT2D eigenvalue weighted by Gasteiger charge is -2.05. The third kappa shape index (κ3) is 2.63. The Hall–Kier alpha value is -2.00. The van der Waals surface area contributed by atoms with E-state index in [-0.39, 0.29) is 5.75 Å². The van der Waals surface area contributed by atoms with E-state index >= 15 is 0 Å². The van der Waals surface area contributed by atoms with E-state index in [4.69, 9.17) is 0 Å². The Morgan fingerprint density at radius 1 is 0.900 bits per heavy atom. The molecule has 0 bridgehead atoms. The van der Waals surface area contributed by atoms with Gasteiger partial charge in [0.15, 0.2) is 0 Å². The fourth-order valence-electron chi connectivity index (χ4n) is 2.13. The van der Waals surface area contributed by atoms with Crippen molar-refractivity contribution in [2.75, 3.05) is 0 Å². The zero-order chi connectivity index (χ0) is 14.7. The molecule has 20 heavy (non-hydrogen) atoms. The van der Waals surface area contributed by atoms with Gasteiger partial charge >= 0.3 is 0 Å². The maximum atomic E-state index is 9.87. The number of benzene rings is 2. The van der Waals surface area contributed by atoms with E-state index in [0.29, 0.717) is 5.75 Å². The summed E-state index contributed by atoms with van der Waals surface area (Å²) in [6.07, 6.45) is 0. The van der Waals surface area contributed by atoms with Gasteiger partial charge < -0.3 is 10.2 Å². The van der Waals surface area contributed by atoms with Crippen LogP contribution in [0.25, 0.3) is 21.2 Å². The van der Waals surface area contributed by atoms with Crippen LogP contribution in [0.5, 0.6) is 11.5 Å². The number of phenolic OH excluding ortho intramolecular Hbond substituents is 2. The normalized spacial score (nSPS) is 10.2. The van der Waals surface area contributed by atoms with E-state index in [9.17, 15) is 10.2 Å². The number of hydrogen-bond acceptors (Lipinski definition) is 3. The zero-order valence-electron chi connectivity index (χ0n) is 11.8. The van der Waals surface area contributed by atoms with Gasteiger partial charge in [-0.1, -0.05) is 26.0 Å². The third-order valence-electron chi connectivity index (χ3n) is 2.96. The minimum absolute atomic E-state index is 0.260. The van der Waals surface area contributed by atoms with Crippen LogP contribution in [-0.4, -0.2) is 10.2 Å². The van der Waals surface area contributed by atoms with Crippen LogP contribution < -0.4 is 0 Å². The maximum Gasteiger partial charge on any atom is 0.133 e. The summed E-state index contributed by atoms with van der Waals surface area (Å²) in [5, 5.41) is 20.3. The molecule has 3 rings (SSSR count). The van der Waals surface area contributed by atoms with Crippen molar-refractivity contribution in [1.82, 2.24) is 0 Å². The lowest BCUT2D eigenvalue weighted by Crippen LogP contribution is -1.78. The molecule has 0 spiro atoms. The van der Waals surface area contributed by atoms with Gasteiger partial charge in [-0.3, -0.25) is 0 Å². The van der Waals surface area contributed by atoms with E-state index in [0.717, 1.165) is 21.2 Å². The van der Waals surface area contributed by atoms with Gasteiger partial charge in [-0.15, -0.1) is 11.3 Å². The van der Waals surface area contributed by atoms with Gasteiger partial charge in [-0.2, -0.15) is 0 Å². The summed E-state index contributed by atoms with van der Waals surface area (Å²) >= 11 is 1.59. The molecule has 0 unspecified atom stereocenters. The Balaban J connectivity index is 0.000000704. The summed E-state index contributed by atoms with van der Waals surface area (Å²) < 4.78 is 0.915. The van der Waals surface area contributed by atoms with E-state index in [1.807, 2.05) is 39.0 Å². The van der Waals surface area contributed by atoms with Crippen LogP contribution in [-0.2, 0) is 0 Å². The Kier molecular flexibility index (Phi) is 4.30. The van der Waals surface area contributed by atoms with E-state index < -0.39 is 0 Å². The number of thiophene rings is 1. The molecule has 0 fully saturated rings. The van der Waals surface area contributed by atoms with Crippen LogP contribution in [0.4, 0.5) is 0 Å². The van der Waals surface area contributed by atoms with E-state index in [2.05, 4.69) is 6.07 Å². The first kappa shape index (κ1) is 14.4. The molecular formula is C17H18O2S. The fourth-order valence-corrected chi connectivity index (χ4v) is 3.08. The number of aromatic hydroxyl groups is 2. The standard InChI is InChI=1S/C15H12O2S.C2H6/c1-9-8-13-12(6-7-14(17)15(13)18-9)10-2-4-11(16)5-3-10;1-2/h2-8,16-17H,1H3;1-2H3. The molecule has 0 aliphatic carbocycles. The van der Waals surface area contributed by atoms with Crippen molar-refractivity contribution in [2.24, 2.45) is 0 Å². The van der Waals surface area contributed by atoms with E-state index in [1.165, 1.54) is 4.88 Å². The molecule has 3 aromatic rings. The van der Waals surface area contributed by atoms with Crippen molar-refractivity contribution in [3.05, 3.63) is 47.3 Å². The quantitative estimate of drug-likeness (QED) is 0.636. The summed E-state index contributed by atoms with van der Waals surface area (Å²) in [5.41, 5.74) is 2.11. The number of phenols is 2. The minimum Gasteiger partial charge on any atom is -0.508 e. The van der Waals surface area contributed by atoms with Crippen LogP contribution in [0, 0.1) is 6.92 Å². The topological polar surface area (TPSA) is 40.5 Å². The molecule has 0 aliphatic heterocycles. The molecule has 2 nitrogen and oxygen atoms in total. The van der Waals surface area contributed by atoms with Gasteiger partial charge in [0.2, 0.25) is 0 Å². The summed E-state index contributed by atoms with van der Waals surface area (Å²) in [7, 11) is 0. The van der Waals surface area contributed by atoms with Crippen molar-refractivity contribution in [2.45, 2.75) is 20.8 Å². The van der Waals surface area contributed by atoms with Gasteiger partial charge in [-0.05, 0) is 48.4 Å². The summed E-state index contributed by atoms with van der Waals surface area (Å²) in [5.74, 6) is 0.584. The first-order valence-electron chi connectivity index (χ1n) is 6.66. The van der Waals surface area contributed by atoms with Crippen molar-refractivity contribution in [3.8, 4) is 22.6 Å². The lowest BCUT2D eigenvalue weighted by atomic mass is 10.0. The molecule has 0 radical (unpaired) electrons. The molecule has 104 valence electrons. The van der Waals surface area contributed by atoms with Gasteiger partial charge in [0.25, 0.3) is 0 Å². The first-order valence-corrected chi connectivity index (χ1v) is 7.48. The highest BCUT2D eigenvalue weighted by Gasteiger charge is 2.10. The maximum absolute atomic E-state index is 9.87. The van der Waals surface area contributed by atoms with Crippen LogP contribution >= 0.6 is 11.3 Å². The molecule has 0 aliphatic rings. The second-order valence-electron chi connectivity index (χ2n) is 4.28. The highest BCUT2D eigenvalue weighted by atomic mass is 32.1. The summed E-state index contributed by atoms with van der Waals surface area (Å²) in [6, 6.07) is 12.8. The van der Waals surface area contributed by atoms with Gasteiger partial charge in [-0.25, -0.2) is 0 Å². The molecule has 1 heterocycles. The molecular weight excluding hydrogens is 268 g/mol. The minimum atomic E-state index is 0.260. The Morgan fingerprint density at radius 2 is 1.55 bits per heavy atom. The Labute approximate surface area is 122 Å². The molecule has 3 heteroatoms. The second-order valence-corrected chi connectivity index (χ2v) is 5.54. The van der Waals surface area contributed by atoms with Crippen molar-refractivity contribution >= 4 is 21.4 Å². The Morgan fingerprint density at radius 3 is 2.20 bits per heavy atom. The predicted octanol–water partition coefficient (Wildman–Crippen LogP) is 5.31. The molecule has 0 atom stereocenters. The Bertz CT molecular complexity index is 712. The van der Waals surface area contributed by atoms with Crippen LogP contribution in [0.1, 0.15) is 18.7 Å². The number of rotatable bonds is 1. The van der Waals surface area contributed by atoms with Gasteiger partial charge in [0, 0.05) is 10.3 Å². The van der Waals surface area contributed by atoms with Gasteiger partial charge in [0.1, 0.15) is 11.5 Å². The van der Waals surface area contributed by atoms with Crippen molar-refractivity contribution in [1.29, 1.82) is 0 Å². The predicted molar refractivity (Wildman–Crippen MR) is 86.7 cm³/mol. The molecule has 1 aromatic heterocycles. The highest BCUT2D eigenvalue weighted by Crippen LogP contribution is 2.39. The van der Waals surface area contributed by atoms with Crippen LogP contribution in [0.15, 0.2) is 42.5 Å². The number of fused-ring (bicyclic) bond motifs is 1. The number of aryl methyl sites for hydroxylation is 1. The fraction of sp³-hybridized carbons (Fsp3) is 0.176. The average molecular weight is 286 g/mol. The average Bonchev–Trinajstić information content (AvgIpc) is 2.85. The number of hydrogen-bond donors (Lipinski definition) is 2. The van der Waals surface area contributed by atoms with Crippen LogP contribution in [0.3, 0.4) is 0 Å². The first-order chi connectivity index (χ1) is 9.65. The van der Waals surface area contributed by atoms with Gasteiger partial charge in [0.05, 0.1) is 4.70 Å². The van der Waals surface area contributed by atoms with Crippen LogP contribution in [0.2, 0.25) is 0 Å². The second kappa shape index (κ2) is 5.97. The molecule has 2 aromatic carbocycles. The molecule has 0 saturated heterocycles. The highest BCUT2D eigenvalue weighted by molar-refractivity contribution is 7.19. The van der Waals surface area contributed by atoms with E-state index in [1.54, 1.807) is 29.5 Å². The van der Waals surface area contributed by atoms with Crippen molar-refractivity contribution < 1.29 is 10.2 Å². The molecule has 0 saturated carbocycles. The zero-order valence-corrected chi connectivity index (χ0v) is 12.7. The largest absolute Gasteiger partial charge is 0.508 e. The SMILES string of the molecule is CC.Cc1cc2c(-c3ccc(O)cc3)ccc(O)c2s1. The lowest BCUT2D eigenvalue weighted by molar-refractivity contribution is 0.475. The molecule has 2 N–H and O–H groups in total. The monoisotopic (exact) mass is 286 g/mol. The summed E-state index contributed by atoms with van der Waals surface area (Å²) in [4.78, 5) is 1.17. The third-order valence-corrected chi connectivity index (χ3v) is 4.04. The summed E-state index contributed by atoms with van der Waals surface area (Å²) in [6.45, 7) is 6.03. The molecule has 0 amide bonds. The van der Waals surface area contributed by atoms with Crippen molar-refractivity contribution in [3.63, 3.8) is 0 Å².